The summed E-state index contributed by atoms with van der Waals surface area (Å²) in [7, 11) is 0. The van der Waals surface area contributed by atoms with Gasteiger partial charge in [0.1, 0.15) is 5.75 Å². The number of fused-ring (bicyclic) bond motifs is 1. The minimum absolute atomic E-state index is 0.266. The molecule has 1 aliphatic heterocycles. The monoisotopic (exact) mass is 259 g/mol. The summed E-state index contributed by atoms with van der Waals surface area (Å²) in [5.74, 6) is 0.851. The lowest BCUT2D eigenvalue weighted by atomic mass is 10.0. The molecule has 2 nitrogen and oxygen atoms in total. The predicted octanol–water partition coefficient (Wildman–Crippen LogP) is 3.22. The van der Waals surface area contributed by atoms with Crippen molar-refractivity contribution in [1.29, 1.82) is 0 Å². The van der Waals surface area contributed by atoms with E-state index in [4.69, 9.17) is 4.74 Å². The van der Waals surface area contributed by atoms with Crippen LogP contribution in [0.25, 0.3) is 0 Å². The molecule has 100 valence electrons. The zero-order valence-corrected chi connectivity index (χ0v) is 10.2. The minimum atomic E-state index is -4.17. The van der Waals surface area contributed by atoms with Crippen LogP contribution in [0.2, 0.25) is 0 Å². The van der Waals surface area contributed by atoms with Crippen LogP contribution < -0.4 is 10.1 Å². The van der Waals surface area contributed by atoms with Crippen LogP contribution in [0.5, 0.6) is 5.75 Å². The van der Waals surface area contributed by atoms with E-state index in [1.807, 2.05) is 25.1 Å². The standard InChI is InChI=1S/C13H16F3NO/c1-2-11(17-8-13(14,15)16)9-3-4-12-10(7-9)5-6-18-12/h3-4,7,11,17H,2,5-6,8H2,1H3. The lowest BCUT2D eigenvalue weighted by Gasteiger charge is -2.19. The van der Waals surface area contributed by atoms with Gasteiger partial charge in [-0.2, -0.15) is 13.2 Å². The van der Waals surface area contributed by atoms with Gasteiger partial charge in [0.05, 0.1) is 13.2 Å². The first-order valence-electron chi connectivity index (χ1n) is 6.05. The third kappa shape index (κ3) is 3.16. The number of ether oxygens (including phenoxy) is 1. The Morgan fingerprint density at radius 2 is 2.17 bits per heavy atom. The van der Waals surface area contributed by atoms with E-state index >= 15 is 0 Å². The molecule has 1 aliphatic rings. The molecule has 1 unspecified atom stereocenters. The van der Waals surface area contributed by atoms with Gasteiger partial charge in [-0.05, 0) is 23.6 Å². The second-order valence-corrected chi connectivity index (χ2v) is 4.42. The lowest BCUT2D eigenvalue weighted by molar-refractivity contribution is -0.126. The van der Waals surface area contributed by atoms with Gasteiger partial charge in [0.25, 0.3) is 0 Å². The van der Waals surface area contributed by atoms with Crippen molar-refractivity contribution in [3.05, 3.63) is 29.3 Å². The zero-order valence-electron chi connectivity index (χ0n) is 10.2. The van der Waals surface area contributed by atoms with Crippen LogP contribution in [0.4, 0.5) is 13.2 Å². The van der Waals surface area contributed by atoms with Crippen molar-refractivity contribution >= 4 is 0 Å². The van der Waals surface area contributed by atoms with Crippen LogP contribution in [0, 0.1) is 0 Å². The molecule has 0 spiro atoms. The predicted molar refractivity (Wildman–Crippen MR) is 62.7 cm³/mol. The summed E-state index contributed by atoms with van der Waals surface area (Å²) in [5, 5.41) is 2.55. The maximum Gasteiger partial charge on any atom is 0.401 e. The molecule has 0 bridgehead atoms. The van der Waals surface area contributed by atoms with Gasteiger partial charge in [-0.25, -0.2) is 0 Å². The topological polar surface area (TPSA) is 21.3 Å². The average molecular weight is 259 g/mol. The summed E-state index contributed by atoms with van der Waals surface area (Å²) in [6, 6.07) is 5.36. The van der Waals surface area contributed by atoms with Crippen molar-refractivity contribution in [3.63, 3.8) is 0 Å². The number of hydrogen-bond donors (Lipinski definition) is 1. The number of alkyl halides is 3. The largest absolute Gasteiger partial charge is 0.493 e. The fraction of sp³-hybridized carbons (Fsp3) is 0.538. The zero-order chi connectivity index (χ0) is 13.2. The average Bonchev–Trinajstić information content (AvgIpc) is 2.75. The second kappa shape index (κ2) is 5.18. The maximum atomic E-state index is 12.2. The van der Waals surface area contributed by atoms with Gasteiger partial charge in [-0.1, -0.05) is 19.1 Å². The van der Waals surface area contributed by atoms with Gasteiger partial charge < -0.3 is 10.1 Å². The molecule has 1 aromatic rings. The molecule has 2 rings (SSSR count). The summed E-state index contributed by atoms with van der Waals surface area (Å²) in [5.41, 5.74) is 1.98. The first kappa shape index (κ1) is 13.2. The first-order chi connectivity index (χ1) is 8.49. The van der Waals surface area contributed by atoms with Crippen LogP contribution in [0.1, 0.15) is 30.5 Å². The van der Waals surface area contributed by atoms with Crippen molar-refractivity contribution in [3.8, 4) is 5.75 Å². The fourth-order valence-corrected chi connectivity index (χ4v) is 2.16. The van der Waals surface area contributed by atoms with Gasteiger partial charge in [-0.15, -0.1) is 0 Å². The molecule has 0 aromatic heterocycles. The highest BCUT2D eigenvalue weighted by atomic mass is 19.4. The van der Waals surface area contributed by atoms with E-state index in [1.165, 1.54) is 0 Å². The number of rotatable bonds is 4. The van der Waals surface area contributed by atoms with Gasteiger partial charge in [0.15, 0.2) is 0 Å². The van der Waals surface area contributed by atoms with E-state index in [1.54, 1.807) is 0 Å². The molecule has 1 atom stereocenters. The van der Waals surface area contributed by atoms with Crippen LogP contribution in [-0.4, -0.2) is 19.3 Å². The molecule has 0 saturated carbocycles. The minimum Gasteiger partial charge on any atom is -0.493 e. The van der Waals surface area contributed by atoms with Crippen molar-refractivity contribution in [2.75, 3.05) is 13.2 Å². The molecule has 1 N–H and O–H groups in total. The molecule has 18 heavy (non-hydrogen) atoms. The summed E-state index contributed by atoms with van der Waals surface area (Å²) in [6.07, 6.45) is -2.72. The highest BCUT2D eigenvalue weighted by Crippen LogP contribution is 2.29. The Bertz CT molecular complexity index is 417. The third-order valence-electron chi connectivity index (χ3n) is 3.07. The van der Waals surface area contributed by atoms with Gasteiger partial charge in [-0.3, -0.25) is 0 Å². The van der Waals surface area contributed by atoms with E-state index < -0.39 is 12.7 Å². The van der Waals surface area contributed by atoms with Crippen molar-refractivity contribution in [2.45, 2.75) is 32.0 Å². The smallest absolute Gasteiger partial charge is 0.401 e. The molecule has 0 fully saturated rings. The number of benzene rings is 1. The van der Waals surface area contributed by atoms with Gasteiger partial charge in [0, 0.05) is 12.5 Å². The SMILES string of the molecule is CCC(NCC(F)(F)F)c1ccc2c(c1)CCO2. The van der Waals surface area contributed by atoms with Crippen molar-refractivity contribution in [2.24, 2.45) is 0 Å². The summed E-state index contributed by atoms with van der Waals surface area (Å²) in [6.45, 7) is 1.57. The van der Waals surface area contributed by atoms with E-state index in [-0.39, 0.29) is 6.04 Å². The molecule has 0 amide bonds. The maximum absolute atomic E-state index is 12.2. The molecule has 0 radical (unpaired) electrons. The van der Waals surface area contributed by atoms with Gasteiger partial charge in [0.2, 0.25) is 0 Å². The molecule has 0 saturated heterocycles. The first-order valence-corrected chi connectivity index (χ1v) is 6.05. The Morgan fingerprint density at radius 3 is 2.83 bits per heavy atom. The summed E-state index contributed by atoms with van der Waals surface area (Å²) < 4.78 is 42.0. The number of nitrogens with one attached hydrogen (secondary N) is 1. The fourth-order valence-electron chi connectivity index (χ4n) is 2.16. The Hall–Kier alpha value is -1.23. The lowest BCUT2D eigenvalue weighted by Crippen LogP contribution is -2.31. The molecule has 1 aromatic carbocycles. The van der Waals surface area contributed by atoms with Crippen molar-refractivity contribution < 1.29 is 17.9 Å². The quantitative estimate of drug-likeness (QED) is 0.896. The third-order valence-corrected chi connectivity index (χ3v) is 3.07. The van der Waals surface area contributed by atoms with Crippen LogP contribution in [0.3, 0.4) is 0 Å². The molecule has 5 heteroatoms. The normalized spacial score (nSPS) is 16.2. The Kier molecular flexibility index (Phi) is 3.80. The number of hydrogen-bond acceptors (Lipinski definition) is 2. The second-order valence-electron chi connectivity index (χ2n) is 4.42. The van der Waals surface area contributed by atoms with Crippen LogP contribution in [0.15, 0.2) is 18.2 Å². The van der Waals surface area contributed by atoms with E-state index in [0.29, 0.717) is 13.0 Å². The highest BCUT2D eigenvalue weighted by molar-refractivity contribution is 5.40. The Balaban J connectivity index is 2.08. The molecular weight excluding hydrogens is 243 g/mol. The number of halogens is 3. The van der Waals surface area contributed by atoms with E-state index in [0.717, 1.165) is 23.3 Å². The van der Waals surface area contributed by atoms with Crippen molar-refractivity contribution in [1.82, 2.24) is 5.32 Å². The molecular formula is C13H16F3NO. The summed E-state index contributed by atoms with van der Waals surface area (Å²) >= 11 is 0. The van der Waals surface area contributed by atoms with E-state index in [2.05, 4.69) is 5.32 Å². The molecule has 1 heterocycles. The van der Waals surface area contributed by atoms with Gasteiger partial charge >= 0.3 is 6.18 Å². The highest BCUT2D eigenvalue weighted by Gasteiger charge is 2.28. The van der Waals surface area contributed by atoms with Crippen LogP contribution in [-0.2, 0) is 6.42 Å². The van der Waals surface area contributed by atoms with E-state index in [9.17, 15) is 13.2 Å². The Labute approximate surface area is 104 Å². The Morgan fingerprint density at radius 1 is 1.39 bits per heavy atom. The summed E-state index contributed by atoms with van der Waals surface area (Å²) in [4.78, 5) is 0. The van der Waals surface area contributed by atoms with Crippen LogP contribution >= 0.6 is 0 Å². The molecule has 0 aliphatic carbocycles.